The molecule has 1 N–H and O–H groups in total. The molecule has 0 aliphatic rings. The monoisotopic (exact) mass is 344 g/mol. The van der Waals surface area contributed by atoms with Crippen LogP contribution in [0.4, 0.5) is 0 Å². The van der Waals surface area contributed by atoms with Gasteiger partial charge < -0.3 is 5.11 Å². The Morgan fingerprint density at radius 2 is 1.67 bits per heavy atom. The third-order valence-corrected chi connectivity index (χ3v) is 5.05. The molecule has 21 heavy (non-hydrogen) atoms. The van der Waals surface area contributed by atoms with Crippen LogP contribution in [0.2, 0.25) is 10.0 Å². The summed E-state index contributed by atoms with van der Waals surface area (Å²) in [5.74, 6) is -1.42. The zero-order valence-electron chi connectivity index (χ0n) is 10.6. The van der Waals surface area contributed by atoms with Gasteiger partial charge in [0.25, 0.3) is 0 Å². The van der Waals surface area contributed by atoms with E-state index in [1.165, 1.54) is 12.1 Å². The number of carboxylic acids is 1. The molecular weight excluding hydrogens is 335 g/mol. The molecule has 0 aromatic heterocycles. The van der Waals surface area contributed by atoms with Gasteiger partial charge in [0.05, 0.1) is 21.2 Å². The highest BCUT2D eigenvalue weighted by Gasteiger charge is 2.18. The molecule has 0 saturated carbocycles. The lowest BCUT2D eigenvalue weighted by Crippen LogP contribution is -2.06. The van der Waals surface area contributed by atoms with Crippen LogP contribution >= 0.6 is 23.2 Å². The highest BCUT2D eigenvalue weighted by atomic mass is 35.5. The van der Waals surface area contributed by atoms with Gasteiger partial charge in [0.1, 0.15) is 0 Å². The number of sulfone groups is 1. The van der Waals surface area contributed by atoms with E-state index >= 15 is 0 Å². The Hall–Kier alpha value is -1.56. The number of aromatic carboxylic acids is 1. The summed E-state index contributed by atoms with van der Waals surface area (Å²) >= 11 is 11.5. The molecule has 0 unspecified atom stereocenters. The fourth-order valence-electron chi connectivity index (χ4n) is 1.75. The molecule has 0 aliphatic heterocycles. The Labute approximate surface area is 131 Å². The second-order valence-corrected chi connectivity index (χ2v) is 7.17. The van der Waals surface area contributed by atoms with E-state index in [9.17, 15) is 13.2 Å². The molecule has 0 fully saturated rings. The lowest BCUT2D eigenvalue weighted by atomic mass is 10.2. The van der Waals surface area contributed by atoms with Crippen molar-refractivity contribution < 1.29 is 18.3 Å². The summed E-state index contributed by atoms with van der Waals surface area (Å²) in [6.45, 7) is 0. The van der Waals surface area contributed by atoms with Gasteiger partial charge in [0, 0.05) is 5.02 Å². The van der Waals surface area contributed by atoms with Gasteiger partial charge in [-0.2, -0.15) is 0 Å². The van der Waals surface area contributed by atoms with Gasteiger partial charge >= 0.3 is 5.97 Å². The van der Waals surface area contributed by atoms with Crippen LogP contribution in [0.25, 0.3) is 0 Å². The third kappa shape index (κ3) is 3.75. The van der Waals surface area contributed by atoms with E-state index in [4.69, 9.17) is 28.3 Å². The Morgan fingerprint density at radius 3 is 2.19 bits per heavy atom. The average Bonchev–Trinajstić information content (AvgIpc) is 2.40. The van der Waals surface area contributed by atoms with Crippen molar-refractivity contribution in [3.63, 3.8) is 0 Å². The van der Waals surface area contributed by atoms with Crippen molar-refractivity contribution in [2.45, 2.75) is 10.6 Å². The largest absolute Gasteiger partial charge is 0.478 e. The number of halogens is 2. The number of rotatable bonds is 4. The zero-order chi connectivity index (χ0) is 15.6. The van der Waals surface area contributed by atoms with Crippen LogP contribution < -0.4 is 0 Å². The lowest BCUT2D eigenvalue weighted by molar-refractivity contribution is 0.0697. The fourth-order valence-corrected chi connectivity index (χ4v) is 3.57. The van der Waals surface area contributed by atoms with E-state index in [-0.39, 0.29) is 21.2 Å². The van der Waals surface area contributed by atoms with Crippen molar-refractivity contribution in [3.05, 3.63) is 63.6 Å². The quantitative estimate of drug-likeness (QED) is 0.918. The van der Waals surface area contributed by atoms with E-state index < -0.39 is 15.8 Å². The second kappa shape index (κ2) is 6.05. The molecule has 0 atom stereocenters. The summed E-state index contributed by atoms with van der Waals surface area (Å²) in [5.41, 5.74) is 0.444. The van der Waals surface area contributed by atoms with E-state index in [1.54, 1.807) is 24.3 Å². The van der Waals surface area contributed by atoms with Crippen molar-refractivity contribution >= 4 is 39.0 Å². The van der Waals surface area contributed by atoms with E-state index in [2.05, 4.69) is 0 Å². The lowest BCUT2D eigenvalue weighted by Gasteiger charge is -2.07. The molecule has 0 saturated heterocycles. The van der Waals surface area contributed by atoms with E-state index in [0.717, 1.165) is 6.07 Å². The molecule has 0 heterocycles. The van der Waals surface area contributed by atoms with Crippen molar-refractivity contribution in [2.75, 3.05) is 0 Å². The van der Waals surface area contributed by atoms with Crippen LogP contribution in [-0.4, -0.2) is 19.5 Å². The number of hydrogen-bond donors (Lipinski definition) is 1. The molecule has 110 valence electrons. The first kappa shape index (κ1) is 15.8. The summed E-state index contributed by atoms with van der Waals surface area (Å²) in [5, 5.41) is 9.28. The molecule has 4 nitrogen and oxygen atoms in total. The van der Waals surface area contributed by atoms with Gasteiger partial charge in [-0.15, -0.1) is 0 Å². The highest BCUT2D eigenvalue weighted by molar-refractivity contribution is 7.90. The van der Waals surface area contributed by atoms with E-state index in [0.29, 0.717) is 10.6 Å². The smallest absolute Gasteiger partial charge is 0.337 e. The summed E-state index contributed by atoms with van der Waals surface area (Å²) < 4.78 is 24.6. The first-order chi connectivity index (χ1) is 9.79. The first-order valence-electron chi connectivity index (χ1n) is 5.79. The van der Waals surface area contributed by atoms with Crippen molar-refractivity contribution in [2.24, 2.45) is 0 Å². The van der Waals surface area contributed by atoms with Crippen molar-refractivity contribution in [3.8, 4) is 0 Å². The zero-order valence-corrected chi connectivity index (χ0v) is 12.9. The van der Waals surface area contributed by atoms with Gasteiger partial charge in [0.2, 0.25) is 0 Å². The van der Waals surface area contributed by atoms with Gasteiger partial charge in [-0.3, -0.25) is 0 Å². The van der Waals surface area contributed by atoms with Crippen LogP contribution in [0, 0.1) is 0 Å². The topological polar surface area (TPSA) is 71.4 Å². The Morgan fingerprint density at radius 1 is 1.05 bits per heavy atom. The number of benzene rings is 2. The standard InChI is InChI=1S/C14H10Cl2O4S/c15-10-3-1-9(2-4-10)8-21(19,20)11-5-6-12(14(17)18)13(16)7-11/h1-7H,8H2,(H,17,18). The van der Waals surface area contributed by atoms with Crippen molar-refractivity contribution in [1.29, 1.82) is 0 Å². The van der Waals surface area contributed by atoms with Gasteiger partial charge in [0.15, 0.2) is 9.84 Å². The number of hydrogen-bond acceptors (Lipinski definition) is 3. The minimum atomic E-state index is -3.61. The van der Waals surface area contributed by atoms with Crippen LogP contribution in [0.15, 0.2) is 47.4 Å². The summed E-state index contributed by atoms with van der Waals surface area (Å²) in [6.07, 6.45) is 0. The molecule has 2 aromatic carbocycles. The highest BCUT2D eigenvalue weighted by Crippen LogP contribution is 2.24. The third-order valence-electron chi connectivity index (χ3n) is 2.80. The molecule has 0 bridgehead atoms. The maximum absolute atomic E-state index is 12.3. The van der Waals surface area contributed by atoms with Crippen LogP contribution in [0.3, 0.4) is 0 Å². The summed E-state index contributed by atoms with van der Waals surface area (Å²) in [7, 11) is -3.61. The SMILES string of the molecule is O=C(O)c1ccc(S(=O)(=O)Cc2ccc(Cl)cc2)cc1Cl. The number of carboxylic acid groups (broad SMARTS) is 1. The molecule has 2 aromatic rings. The molecule has 2 rings (SSSR count). The Bertz CT molecular complexity index is 783. The minimum Gasteiger partial charge on any atom is -0.478 e. The molecule has 0 amide bonds. The summed E-state index contributed by atoms with van der Waals surface area (Å²) in [6, 6.07) is 10.0. The van der Waals surface area contributed by atoms with E-state index in [1.807, 2.05) is 0 Å². The Kier molecular flexibility index (Phi) is 4.56. The molecule has 0 aliphatic carbocycles. The number of carbonyl (C=O) groups is 1. The Balaban J connectivity index is 2.33. The predicted octanol–water partition coefficient (Wildman–Crippen LogP) is 3.67. The normalized spacial score (nSPS) is 11.3. The molecule has 0 spiro atoms. The molecular formula is C14H10Cl2O4S. The minimum absolute atomic E-state index is 0.0209. The van der Waals surface area contributed by atoms with Gasteiger partial charge in [-0.05, 0) is 35.9 Å². The maximum Gasteiger partial charge on any atom is 0.337 e. The predicted molar refractivity (Wildman–Crippen MR) is 80.8 cm³/mol. The molecule has 7 heteroatoms. The van der Waals surface area contributed by atoms with Gasteiger partial charge in [-0.25, -0.2) is 13.2 Å². The van der Waals surface area contributed by atoms with Gasteiger partial charge in [-0.1, -0.05) is 35.3 Å². The maximum atomic E-state index is 12.3. The molecule has 0 radical (unpaired) electrons. The summed E-state index contributed by atoms with van der Waals surface area (Å²) in [4.78, 5) is 10.8. The second-order valence-electron chi connectivity index (χ2n) is 4.33. The fraction of sp³-hybridized carbons (Fsp3) is 0.0714. The average molecular weight is 345 g/mol. The van der Waals surface area contributed by atoms with Crippen LogP contribution in [0.5, 0.6) is 0 Å². The van der Waals surface area contributed by atoms with Crippen LogP contribution in [0.1, 0.15) is 15.9 Å². The first-order valence-corrected chi connectivity index (χ1v) is 8.20. The van der Waals surface area contributed by atoms with Crippen LogP contribution in [-0.2, 0) is 15.6 Å². The van der Waals surface area contributed by atoms with Crippen molar-refractivity contribution in [1.82, 2.24) is 0 Å².